The molecule has 11 nitrogen and oxygen atoms in total. The second-order valence-corrected chi connectivity index (χ2v) is 12.5. The molecule has 2 aromatic heterocycles. The Morgan fingerprint density at radius 3 is 2.53 bits per heavy atom. The Morgan fingerprint density at radius 2 is 1.88 bits per heavy atom. The van der Waals surface area contributed by atoms with Gasteiger partial charge in [-0.05, 0) is 75.9 Å². The third kappa shape index (κ3) is 7.78. The summed E-state index contributed by atoms with van der Waals surface area (Å²) in [6.45, 7) is 9.92. The molecule has 1 saturated heterocycles. The summed E-state index contributed by atoms with van der Waals surface area (Å²) in [4.78, 5) is 37.5. The molecule has 0 saturated carbocycles. The second kappa shape index (κ2) is 12.9. The first-order valence-corrected chi connectivity index (χ1v) is 15.0. The van der Waals surface area contributed by atoms with Crippen molar-refractivity contribution in [3.8, 4) is 17.0 Å². The van der Waals surface area contributed by atoms with Gasteiger partial charge in [0.15, 0.2) is 5.82 Å². The Kier molecular flexibility index (Phi) is 9.53. The van der Waals surface area contributed by atoms with E-state index in [2.05, 4.69) is 4.98 Å². The number of rotatable bonds is 9. The molecule has 13 heteroatoms. The number of nitrogens with two attached hydrogens (primary N) is 1. The molecular weight excluding hydrogens is 577 g/mol. The summed E-state index contributed by atoms with van der Waals surface area (Å²) in [7, 11) is -3.49. The molecule has 3 heterocycles. The number of hydrogen-bond acceptors (Lipinski definition) is 10. The SMILES string of the molecule is CC(C)COc1cc(F)cc(-c2ccc(C(=O)N(c3cccc(N)n3)[SH](=O)=O)c(N3CCC[C@@H]3C(=O)OC(C)(C)C)n2)c1. The summed E-state index contributed by atoms with van der Waals surface area (Å²) < 4.78 is 51.3. The van der Waals surface area contributed by atoms with Crippen LogP contribution in [0.25, 0.3) is 11.3 Å². The maximum Gasteiger partial charge on any atom is 0.329 e. The van der Waals surface area contributed by atoms with Gasteiger partial charge in [0.05, 0.1) is 17.9 Å². The Hall–Kier alpha value is -4.26. The Bertz CT molecular complexity index is 1580. The number of benzene rings is 1. The molecule has 1 aliphatic rings. The highest BCUT2D eigenvalue weighted by molar-refractivity contribution is 7.75. The third-order valence-electron chi connectivity index (χ3n) is 6.39. The Labute approximate surface area is 251 Å². The molecule has 43 heavy (non-hydrogen) atoms. The average molecular weight is 614 g/mol. The zero-order valence-electron chi connectivity index (χ0n) is 24.7. The van der Waals surface area contributed by atoms with Crippen LogP contribution in [0.15, 0.2) is 48.5 Å². The zero-order chi connectivity index (χ0) is 31.5. The standard InChI is InChI=1S/C30H36FN5O6S/c1-18(2)17-41-21-15-19(14-20(31)16-21)23-12-11-22(28(37)36(43(39)40)26-10-6-9-25(32)34-26)27(33-23)35-13-7-8-24(35)29(38)42-30(3,4)5/h6,9-12,14-16,18,24,43H,7-8,13,17H2,1-5H3,(H2,32,34)/t24-/m1/s1. The van der Waals surface area contributed by atoms with Crippen molar-refractivity contribution >= 4 is 40.2 Å². The van der Waals surface area contributed by atoms with Crippen molar-refractivity contribution in [1.29, 1.82) is 0 Å². The van der Waals surface area contributed by atoms with E-state index in [-0.39, 0.29) is 34.6 Å². The molecule has 1 atom stereocenters. The molecule has 1 aromatic carbocycles. The first-order valence-electron chi connectivity index (χ1n) is 13.9. The molecule has 230 valence electrons. The van der Waals surface area contributed by atoms with Crippen molar-refractivity contribution < 1.29 is 31.9 Å². The van der Waals surface area contributed by atoms with E-state index < -0.39 is 40.2 Å². The first-order chi connectivity index (χ1) is 20.2. The predicted octanol–water partition coefficient (Wildman–Crippen LogP) is 4.38. The zero-order valence-corrected chi connectivity index (χ0v) is 25.6. The van der Waals surface area contributed by atoms with Crippen molar-refractivity contribution in [3.05, 3.63) is 59.9 Å². The quantitative estimate of drug-likeness (QED) is 0.263. The fourth-order valence-electron chi connectivity index (χ4n) is 4.62. The van der Waals surface area contributed by atoms with Crippen molar-refractivity contribution in [3.63, 3.8) is 0 Å². The van der Waals surface area contributed by atoms with Crippen LogP contribution in [0.1, 0.15) is 57.8 Å². The van der Waals surface area contributed by atoms with Crippen molar-refractivity contribution in [2.24, 2.45) is 5.92 Å². The smallest absolute Gasteiger partial charge is 0.329 e. The molecule has 0 radical (unpaired) electrons. The highest BCUT2D eigenvalue weighted by Gasteiger charge is 2.38. The van der Waals surface area contributed by atoms with Crippen molar-refractivity contribution in [2.45, 2.75) is 59.1 Å². The van der Waals surface area contributed by atoms with E-state index >= 15 is 0 Å². The number of nitrogen functional groups attached to an aromatic ring is 1. The summed E-state index contributed by atoms with van der Waals surface area (Å²) in [5, 5.41) is 0. The lowest BCUT2D eigenvalue weighted by Crippen LogP contribution is -2.42. The van der Waals surface area contributed by atoms with Gasteiger partial charge in [-0.15, -0.1) is 0 Å². The van der Waals surface area contributed by atoms with Crippen LogP contribution in [0.5, 0.6) is 5.75 Å². The fourth-order valence-corrected chi connectivity index (χ4v) is 5.16. The highest BCUT2D eigenvalue weighted by Crippen LogP contribution is 2.34. The lowest BCUT2D eigenvalue weighted by atomic mass is 10.1. The summed E-state index contributed by atoms with van der Waals surface area (Å²) in [6.07, 6.45) is 1.02. The molecule has 4 rings (SSSR count). The van der Waals surface area contributed by atoms with Gasteiger partial charge in [0.25, 0.3) is 5.91 Å². The Morgan fingerprint density at radius 1 is 1.14 bits per heavy atom. The third-order valence-corrected chi connectivity index (χ3v) is 7.10. The van der Waals surface area contributed by atoms with E-state index in [9.17, 15) is 22.4 Å². The number of halogens is 1. The van der Waals surface area contributed by atoms with E-state index in [4.69, 9.17) is 20.2 Å². The molecule has 1 aliphatic heterocycles. The van der Waals surface area contributed by atoms with E-state index in [1.54, 1.807) is 31.7 Å². The van der Waals surface area contributed by atoms with Gasteiger partial charge in [0.2, 0.25) is 10.9 Å². The number of carbonyl (C=O) groups is 2. The van der Waals surface area contributed by atoms with E-state index in [1.807, 2.05) is 13.8 Å². The van der Waals surface area contributed by atoms with Gasteiger partial charge >= 0.3 is 5.97 Å². The lowest BCUT2D eigenvalue weighted by Gasteiger charge is -2.30. The van der Waals surface area contributed by atoms with Gasteiger partial charge in [-0.1, -0.05) is 19.9 Å². The molecule has 0 aliphatic carbocycles. The number of nitrogens with zero attached hydrogens (tertiary/aromatic N) is 4. The molecule has 0 spiro atoms. The van der Waals surface area contributed by atoms with Crippen LogP contribution >= 0.6 is 0 Å². The maximum absolute atomic E-state index is 14.7. The molecule has 1 amide bonds. The first kappa shape index (κ1) is 31.7. The van der Waals surface area contributed by atoms with Crippen LogP contribution < -0.4 is 19.7 Å². The van der Waals surface area contributed by atoms with E-state index in [1.165, 1.54) is 42.5 Å². The Balaban J connectivity index is 1.85. The van der Waals surface area contributed by atoms with Gasteiger partial charge in [-0.3, -0.25) is 4.79 Å². The summed E-state index contributed by atoms with van der Waals surface area (Å²) >= 11 is 0. The lowest BCUT2D eigenvalue weighted by molar-refractivity contribution is -0.156. The number of thiol groups is 1. The van der Waals surface area contributed by atoms with E-state index in [0.717, 1.165) is 0 Å². The van der Waals surface area contributed by atoms with Gasteiger partial charge in [0.1, 0.15) is 34.8 Å². The molecule has 3 aromatic rings. The highest BCUT2D eigenvalue weighted by atomic mass is 32.2. The summed E-state index contributed by atoms with van der Waals surface area (Å²) in [6, 6.07) is 10.6. The number of hydrogen-bond donors (Lipinski definition) is 2. The van der Waals surface area contributed by atoms with Gasteiger partial charge in [0, 0.05) is 18.2 Å². The number of aromatic nitrogens is 2. The van der Waals surface area contributed by atoms with Crippen LogP contribution in [0.3, 0.4) is 0 Å². The number of ether oxygens (including phenoxy) is 2. The van der Waals surface area contributed by atoms with Gasteiger partial charge < -0.3 is 20.1 Å². The molecule has 0 bridgehead atoms. The minimum absolute atomic E-state index is 0.0203. The summed E-state index contributed by atoms with van der Waals surface area (Å²) in [5.41, 5.74) is 5.55. The normalized spacial score (nSPS) is 15.2. The number of esters is 1. The number of anilines is 3. The average Bonchev–Trinajstić information content (AvgIpc) is 3.40. The number of pyridine rings is 2. The largest absolute Gasteiger partial charge is 0.493 e. The fraction of sp³-hybridized carbons (Fsp3) is 0.400. The van der Waals surface area contributed by atoms with E-state index in [0.29, 0.717) is 41.6 Å². The number of amides is 1. The van der Waals surface area contributed by atoms with Crippen LogP contribution in [0.4, 0.5) is 21.8 Å². The molecule has 2 N–H and O–H groups in total. The molecule has 0 unspecified atom stereocenters. The van der Waals surface area contributed by atoms with Crippen LogP contribution in [-0.2, 0) is 20.4 Å². The van der Waals surface area contributed by atoms with Crippen LogP contribution in [0, 0.1) is 11.7 Å². The monoisotopic (exact) mass is 613 g/mol. The summed E-state index contributed by atoms with van der Waals surface area (Å²) in [5.74, 6) is -1.60. The van der Waals surface area contributed by atoms with Crippen LogP contribution in [-0.4, -0.2) is 55.1 Å². The van der Waals surface area contributed by atoms with Gasteiger partial charge in [-0.25, -0.2) is 27.6 Å². The molecule has 1 fully saturated rings. The van der Waals surface area contributed by atoms with Crippen molar-refractivity contribution in [2.75, 3.05) is 28.1 Å². The predicted molar refractivity (Wildman–Crippen MR) is 162 cm³/mol. The minimum Gasteiger partial charge on any atom is -0.493 e. The van der Waals surface area contributed by atoms with Crippen LogP contribution in [0.2, 0.25) is 0 Å². The second-order valence-electron chi connectivity index (χ2n) is 11.6. The number of carbonyl (C=O) groups excluding carboxylic acids is 2. The maximum atomic E-state index is 14.7. The van der Waals surface area contributed by atoms with Gasteiger partial charge in [-0.2, -0.15) is 4.31 Å². The minimum atomic E-state index is -3.49. The topological polar surface area (TPSA) is 145 Å². The van der Waals surface area contributed by atoms with Crippen molar-refractivity contribution in [1.82, 2.24) is 9.97 Å². The molecular formula is C30H36FN5O6S.